The van der Waals surface area contributed by atoms with Crippen molar-refractivity contribution in [3.63, 3.8) is 0 Å². The molecule has 0 unspecified atom stereocenters. The third-order valence-corrected chi connectivity index (χ3v) is 5.11. The van der Waals surface area contributed by atoms with E-state index in [1.165, 1.54) is 18.4 Å². The van der Waals surface area contributed by atoms with Gasteiger partial charge < -0.3 is 15.0 Å². The number of ether oxygens (including phenoxy) is 1. The zero-order chi connectivity index (χ0) is 16.2. The van der Waals surface area contributed by atoms with Crippen LogP contribution in [0.25, 0.3) is 0 Å². The van der Waals surface area contributed by atoms with Gasteiger partial charge in [-0.05, 0) is 34.8 Å². The molecule has 0 spiro atoms. The molecule has 0 aliphatic carbocycles. The highest BCUT2D eigenvalue weighted by Gasteiger charge is 2.18. The van der Waals surface area contributed by atoms with E-state index in [0.29, 0.717) is 16.6 Å². The summed E-state index contributed by atoms with van der Waals surface area (Å²) in [6.07, 6.45) is 2.26. The van der Waals surface area contributed by atoms with Crippen LogP contribution in [0, 0.1) is 0 Å². The molecule has 1 amide bonds. The lowest BCUT2D eigenvalue weighted by molar-refractivity contribution is 0.0953. The molecule has 0 bridgehead atoms. The smallest absolute Gasteiger partial charge is 0.321 e. The van der Waals surface area contributed by atoms with Gasteiger partial charge in [0.25, 0.3) is 5.91 Å². The molecule has 2 aromatic rings. The van der Waals surface area contributed by atoms with Crippen LogP contribution in [0.2, 0.25) is 0 Å². The SMILES string of the molecule is COc1nc(CNC(=O)c2cc(Br)cs2)nc(N2CCCC2)n1. The summed E-state index contributed by atoms with van der Waals surface area (Å²) in [4.78, 5) is 27.8. The Labute approximate surface area is 146 Å². The molecule has 9 heteroatoms. The number of aromatic nitrogens is 3. The summed E-state index contributed by atoms with van der Waals surface area (Å²) in [6, 6.07) is 2.05. The topological polar surface area (TPSA) is 80.2 Å². The van der Waals surface area contributed by atoms with Crippen molar-refractivity contribution in [3.8, 4) is 6.01 Å². The number of amides is 1. The van der Waals surface area contributed by atoms with E-state index in [1.807, 2.05) is 5.38 Å². The molecule has 1 aliphatic rings. The summed E-state index contributed by atoms with van der Waals surface area (Å²) in [7, 11) is 1.52. The van der Waals surface area contributed by atoms with Gasteiger partial charge in [-0.25, -0.2) is 0 Å². The normalized spacial score (nSPS) is 14.1. The minimum absolute atomic E-state index is 0.150. The predicted octanol–water partition coefficient (Wildman–Crippen LogP) is 2.23. The Hall–Kier alpha value is -1.74. The maximum Gasteiger partial charge on any atom is 0.321 e. The Morgan fingerprint density at radius 3 is 2.83 bits per heavy atom. The number of methoxy groups -OCH3 is 1. The standard InChI is InChI=1S/C14H16BrN5O2S/c1-22-14-18-11(17-13(19-14)20-4-2-3-5-20)7-16-12(21)10-6-9(15)8-23-10/h6,8H,2-5,7H2,1H3,(H,16,21). The van der Waals surface area contributed by atoms with Crippen molar-refractivity contribution < 1.29 is 9.53 Å². The van der Waals surface area contributed by atoms with E-state index in [9.17, 15) is 4.79 Å². The van der Waals surface area contributed by atoms with Crippen molar-refractivity contribution in [2.45, 2.75) is 19.4 Å². The van der Waals surface area contributed by atoms with E-state index in [2.05, 4.69) is 41.1 Å². The summed E-state index contributed by atoms with van der Waals surface area (Å²) in [6.45, 7) is 2.10. The van der Waals surface area contributed by atoms with E-state index >= 15 is 0 Å². The van der Waals surface area contributed by atoms with Gasteiger partial charge >= 0.3 is 6.01 Å². The van der Waals surface area contributed by atoms with Gasteiger partial charge in [-0.2, -0.15) is 15.0 Å². The van der Waals surface area contributed by atoms with E-state index in [0.717, 1.165) is 30.4 Å². The van der Waals surface area contributed by atoms with Crippen LogP contribution < -0.4 is 15.0 Å². The van der Waals surface area contributed by atoms with Crippen molar-refractivity contribution in [1.29, 1.82) is 0 Å². The van der Waals surface area contributed by atoms with E-state index in [-0.39, 0.29) is 18.5 Å². The van der Waals surface area contributed by atoms with Crippen LogP contribution in [0.3, 0.4) is 0 Å². The lowest BCUT2D eigenvalue weighted by atomic mass is 10.4. The molecule has 0 radical (unpaired) electrons. The zero-order valence-corrected chi connectivity index (χ0v) is 15.0. The Kier molecular flexibility index (Phi) is 5.06. The Balaban J connectivity index is 1.71. The zero-order valence-electron chi connectivity index (χ0n) is 12.6. The largest absolute Gasteiger partial charge is 0.467 e. The minimum atomic E-state index is -0.150. The van der Waals surface area contributed by atoms with Gasteiger partial charge in [-0.3, -0.25) is 4.79 Å². The molecule has 3 heterocycles. The molecule has 23 heavy (non-hydrogen) atoms. The second-order valence-corrected chi connectivity index (χ2v) is 6.87. The molecule has 1 fully saturated rings. The number of hydrogen-bond acceptors (Lipinski definition) is 7. The van der Waals surface area contributed by atoms with Crippen molar-refractivity contribution in [2.24, 2.45) is 0 Å². The fourth-order valence-corrected chi connectivity index (χ4v) is 3.64. The number of halogens is 1. The van der Waals surface area contributed by atoms with Crippen molar-refractivity contribution in [3.05, 3.63) is 26.6 Å². The van der Waals surface area contributed by atoms with Crippen LogP contribution in [0.1, 0.15) is 28.3 Å². The molecule has 1 aliphatic heterocycles. The van der Waals surface area contributed by atoms with Crippen molar-refractivity contribution in [2.75, 3.05) is 25.1 Å². The number of nitrogens with one attached hydrogen (secondary N) is 1. The lowest BCUT2D eigenvalue weighted by Crippen LogP contribution is -2.25. The molecule has 1 saturated heterocycles. The van der Waals surface area contributed by atoms with E-state index < -0.39 is 0 Å². The van der Waals surface area contributed by atoms with Crippen molar-refractivity contribution in [1.82, 2.24) is 20.3 Å². The summed E-state index contributed by atoms with van der Waals surface area (Å²) >= 11 is 4.72. The first-order valence-electron chi connectivity index (χ1n) is 7.22. The van der Waals surface area contributed by atoms with Crippen LogP contribution >= 0.6 is 27.3 Å². The van der Waals surface area contributed by atoms with E-state index in [4.69, 9.17) is 4.74 Å². The molecule has 0 atom stereocenters. The molecule has 0 aromatic carbocycles. The van der Waals surface area contributed by atoms with Crippen LogP contribution in [0.15, 0.2) is 15.9 Å². The second kappa shape index (κ2) is 7.22. The fourth-order valence-electron chi connectivity index (χ4n) is 2.29. The molecule has 3 rings (SSSR count). The monoisotopic (exact) mass is 397 g/mol. The number of rotatable bonds is 5. The molecule has 122 valence electrons. The molecule has 0 saturated carbocycles. The average molecular weight is 398 g/mol. The number of anilines is 1. The van der Waals surface area contributed by atoms with Gasteiger partial charge in [0.2, 0.25) is 5.95 Å². The summed E-state index contributed by atoms with van der Waals surface area (Å²) in [5.74, 6) is 0.947. The predicted molar refractivity (Wildman–Crippen MR) is 91.0 cm³/mol. The highest BCUT2D eigenvalue weighted by Crippen LogP contribution is 2.20. The third-order valence-electron chi connectivity index (χ3n) is 3.42. The summed E-state index contributed by atoms with van der Waals surface area (Å²) in [5.41, 5.74) is 0. The first-order valence-corrected chi connectivity index (χ1v) is 8.89. The number of carbonyl (C=O) groups excluding carboxylic acids is 1. The molecule has 7 nitrogen and oxygen atoms in total. The van der Waals surface area contributed by atoms with E-state index in [1.54, 1.807) is 6.07 Å². The fraction of sp³-hybridized carbons (Fsp3) is 0.429. The Morgan fingerprint density at radius 1 is 1.39 bits per heavy atom. The molecular formula is C14H16BrN5O2S. The summed E-state index contributed by atoms with van der Waals surface area (Å²) < 4.78 is 6.04. The summed E-state index contributed by atoms with van der Waals surface area (Å²) in [5, 5.41) is 4.69. The van der Waals surface area contributed by atoms with Crippen LogP contribution in [-0.4, -0.2) is 41.1 Å². The lowest BCUT2D eigenvalue weighted by Gasteiger charge is -2.16. The molecule has 1 N–H and O–H groups in total. The van der Waals surface area contributed by atoms with Gasteiger partial charge in [0.1, 0.15) is 0 Å². The van der Waals surface area contributed by atoms with Gasteiger partial charge in [0, 0.05) is 22.9 Å². The number of thiophene rings is 1. The second-order valence-electron chi connectivity index (χ2n) is 5.04. The quantitative estimate of drug-likeness (QED) is 0.832. The average Bonchev–Trinajstić information content (AvgIpc) is 3.23. The maximum atomic E-state index is 12.1. The maximum absolute atomic E-state index is 12.1. The number of hydrogen-bond donors (Lipinski definition) is 1. The van der Waals surface area contributed by atoms with Gasteiger partial charge in [0.15, 0.2) is 5.82 Å². The Morgan fingerprint density at radius 2 is 2.17 bits per heavy atom. The van der Waals surface area contributed by atoms with Crippen LogP contribution in [0.4, 0.5) is 5.95 Å². The Bertz CT molecular complexity index is 702. The van der Waals surface area contributed by atoms with Crippen molar-refractivity contribution >= 4 is 39.1 Å². The molecule has 2 aromatic heterocycles. The third kappa shape index (κ3) is 3.97. The first kappa shape index (κ1) is 16.1. The number of nitrogens with zero attached hydrogens (tertiary/aromatic N) is 4. The van der Waals surface area contributed by atoms with Crippen LogP contribution in [-0.2, 0) is 6.54 Å². The molecular weight excluding hydrogens is 382 g/mol. The number of carbonyl (C=O) groups is 1. The van der Waals surface area contributed by atoms with Gasteiger partial charge in [0.05, 0.1) is 18.5 Å². The minimum Gasteiger partial charge on any atom is -0.467 e. The van der Waals surface area contributed by atoms with Crippen LogP contribution in [0.5, 0.6) is 6.01 Å². The van der Waals surface area contributed by atoms with Gasteiger partial charge in [-0.1, -0.05) is 0 Å². The first-order chi connectivity index (χ1) is 11.2. The van der Waals surface area contributed by atoms with Gasteiger partial charge in [-0.15, -0.1) is 11.3 Å². The highest BCUT2D eigenvalue weighted by atomic mass is 79.9. The highest BCUT2D eigenvalue weighted by molar-refractivity contribution is 9.10.